The highest BCUT2D eigenvalue weighted by Gasteiger charge is 2.20. The zero-order chi connectivity index (χ0) is 20.6. The summed E-state index contributed by atoms with van der Waals surface area (Å²) in [6.45, 7) is 0.477. The van der Waals surface area contributed by atoms with Crippen LogP contribution in [0.2, 0.25) is 0 Å². The standard InChI is InChI=1S/C23H28N2O4/c1-28-20-12-19(13-21(14-20)29-2)25-23(27)18-10-8-16(9-11-18)15-24-22(26)17-6-4-3-5-7-17/h8-14,17H,3-7,15H2,1-2H3,(H,24,26)(H,25,27). The highest BCUT2D eigenvalue weighted by atomic mass is 16.5. The molecule has 0 bridgehead atoms. The molecule has 0 radical (unpaired) electrons. The van der Waals surface area contributed by atoms with Crippen molar-refractivity contribution in [2.24, 2.45) is 5.92 Å². The number of amides is 2. The highest BCUT2D eigenvalue weighted by Crippen LogP contribution is 2.26. The van der Waals surface area contributed by atoms with E-state index in [1.807, 2.05) is 12.1 Å². The van der Waals surface area contributed by atoms with E-state index < -0.39 is 0 Å². The van der Waals surface area contributed by atoms with Crippen molar-refractivity contribution >= 4 is 17.5 Å². The van der Waals surface area contributed by atoms with Gasteiger partial charge in [-0.3, -0.25) is 9.59 Å². The average molecular weight is 396 g/mol. The summed E-state index contributed by atoms with van der Waals surface area (Å²) >= 11 is 0. The summed E-state index contributed by atoms with van der Waals surface area (Å²) in [5, 5.41) is 5.87. The molecule has 2 N–H and O–H groups in total. The molecule has 6 nitrogen and oxygen atoms in total. The third-order valence-electron chi connectivity index (χ3n) is 5.27. The van der Waals surface area contributed by atoms with Gasteiger partial charge >= 0.3 is 0 Å². The fourth-order valence-corrected chi connectivity index (χ4v) is 3.56. The van der Waals surface area contributed by atoms with Crippen LogP contribution < -0.4 is 20.1 Å². The summed E-state index contributed by atoms with van der Waals surface area (Å²) in [6.07, 6.45) is 5.48. The number of carbonyl (C=O) groups is 2. The Morgan fingerprint density at radius 1 is 0.931 bits per heavy atom. The van der Waals surface area contributed by atoms with E-state index in [1.54, 1.807) is 44.6 Å². The van der Waals surface area contributed by atoms with Gasteiger partial charge in [0.05, 0.1) is 14.2 Å². The molecular weight excluding hydrogens is 368 g/mol. The Kier molecular flexibility index (Phi) is 7.11. The number of hydrogen-bond acceptors (Lipinski definition) is 4. The molecule has 0 spiro atoms. The van der Waals surface area contributed by atoms with Crippen LogP contribution in [0.3, 0.4) is 0 Å². The second-order valence-corrected chi connectivity index (χ2v) is 7.31. The lowest BCUT2D eigenvalue weighted by Crippen LogP contribution is -2.31. The summed E-state index contributed by atoms with van der Waals surface area (Å²) in [5.41, 5.74) is 2.10. The lowest BCUT2D eigenvalue weighted by Gasteiger charge is -2.20. The van der Waals surface area contributed by atoms with Crippen LogP contribution >= 0.6 is 0 Å². The second-order valence-electron chi connectivity index (χ2n) is 7.31. The number of hydrogen-bond donors (Lipinski definition) is 2. The molecule has 6 heteroatoms. The van der Waals surface area contributed by atoms with Gasteiger partial charge in [-0.25, -0.2) is 0 Å². The maximum Gasteiger partial charge on any atom is 0.255 e. The first-order chi connectivity index (χ1) is 14.1. The van der Waals surface area contributed by atoms with Gasteiger partial charge in [0.1, 0.15) is 11.5 Å². The number of methoxy groups -OCH3 is 2. The zero-order valence-corrected chi connectivity index (χ0v) is 17.0. The molecule has 154 valence electrons. The van der Waals surface area contributed by atoms with Crippen molar-refractivity contribution in [3.05, 3.63) is 53.6 Å². The molecule has 1 aliphatic rings. The number of benzene rings is 2. The first kappa shape index (κ1) is 20.7. The van der Waals surface area contributed by atoms with Gasteiger partial charge in [0.2, 0.25) is 5.91 Å². The number of anilines is 1. The molecular formula is C23H28N2O4. The Balaban J connectivity index is 1.56. The van der Waals surface area contributed by atoms with Crippen molar-refractivity contribution in [2.75, 3.05) is 19.5 Å². The van der Waals surface area contributed by atoms with Crippen molar-refractivity contribution in [1.29, 1.82) is 0 Å². The molecule has 29 heavy (non-hydrogen) atoms. The minimum Gasteiger partial charge on any atom is -0.497 e. The fraction of sp³-hybridized carbons (Fsp3) is 0.391. The summed E-state index contributed by atoms with van der Waals surface area (Å²) in [7, 11) is 3.12. The molecule has 0 aliphatic heterocycles. The average Bonchev–Trinajstić information content (AvgIpc) is 2.78. The molecule has 0 atom stereocenters. The van der Waals surface area contributed by atoms with Crippen LogP contribution in [0.4, 0.5) is 5.69 Å². The topological polar surface area (TPSA) is 76.7 Å². The predicted molar refractivity (Wildman–Crippen MR) is 112 cm³/mol. The van der Waals surface area contributed by atoms with E-state index in [4.69, 9.17) is 9.47 Å². The van der Waals surface area contributed by atoms with E-state index in [9.17, 15) is 9.59 Å². The Bertz CT molecular complexity index is 820. The second kappa shape index (κ2) is 9.96. The molecule has 1 aliphatic carbocycles. The zero-order valence-electron chi connectivity index (χ0n) is 17.0. The summed E-state index contributed by atoms with van der Waals surface area (Å²) in [6, 6.07) is 12.4. The number of carbonyl (C=O) groups excluding carboxylic acids is 2. The van der Waals surface area contributed by atoms with E-state index in [2.05, 4.69) is 10.6 Å². The van der Waals surface area contributed by atoms with E-state index in [0.717, 1.165) is 31.2 Å². The van der Waals surface area contributed by atoms with Gasteiger partial charge in [-0.2, -0.15) is 0 Å². The molecule has 0 unspecified atom stereocenters. The third kappa shape index (κ3) is 5.73. The van der Waals surface area contributed by atoms with Gasteiger partial charge < -0.3 is 20.1 Å². The molecule has 2 aromatic rings. The van der Waals surface area contributed by atoms with Gasteiger partial charge in [0.15, 0.2) is 0 Å². The van der Waals surface area contributed by atoms with E-state index in [0.29, 0.717) is 29.3 Å². The summed E-state index contributed by atoms with van der Waals surface area (Å²) < 4.78 is 10.4. The van der Waals surface area contributed by atoms with Crippen LogP contribution in [0.25, 0.3) is 0 Å². The minimum atomic E-state index is -0.224. The maximum atomic E-state index is 12.5. The van der Waals surface area contributed by atoms with Gasteiger partial charge in [-0.05, 0) is 30.5 Å². The molecule has 2 aromatic carbocycles. The van der Waals surface area contributed by atoms with E-state index >= 15 is 0 Å². The van der Waals surface area contributed by atoms with E-state index in [1.165, 1.54) is 6.42 Å². The van der Waals surface area contributed by atoms with Gasteiger partial charge in [0.25, 0.3) is 5.91 Å². The number of nitrogens with one attached hydrogen (secondary N) is 2. The van der Waals surface area contributed by atoms with Crippen LogP contribution in [0.15, 0.2) is 42.5 Å². The Hall–Kier alpha value is -3.02. The lowest BCUT2D eigenvalue weighted by molar-refractivity contribution is -0.126. The van der Waals surface area contributed by atoms with Crippen molar-refractivity contribution < 1.29 is 19.1 Å². The Morgan fingerprint density at radius 3 is 2.14 bits per heavy atom. The van der Waals surface area contributed by atoms with E-state index in [-0.39, 0.29) is 17.7 Å². The van der Waals surface area contributed by atoms with Gasteiger partial charge in [-0.1, -0.05) is 31.4 Å². The molecule has 3 rings (SSSR count). The molecule has 1 fully saturated rings. The van der Waals surface area contributed by atoms with Crippen molar-refractivity contribution in [1.82, 2.24) is 5.32 Å². The molecule has 0 heterocycles. The fourth-order valence-electron chi connectivity index (χ4n) is 3.56. The minimum absolute atomic E-state index is 0.137. The largest absolute Gasteiger partial charge is 0.497 e. The Morgan fingerprint density at radius 2 is 1.55 bits per heavy atom. The maximum absolute atomic E-state index is 12.5. The van der Waals surface area contributed by atoms with Crippen LogP contribution in [-0.4, -0.2) is 26.0 Å². The first-order valence-electron chi connectivity index (χ1n) is 10.00. The predicted octanol–water partition coefficient (Wildman–Crippen LogP) is 4.15. The smallest absolute Gasteiger partial charge is 0.255 e. The SMILES string of the molecule is COc1cc(NC(=O)c2ccc(CNC(=O)C3CCCCC3)cc2)cc(OC)c1. The molecule has 0 saturated heterocycles. The lowest BCUT2D eigenvalue weighted by atomic mass is 9.88. The van der Waals surface area contributed by atoms with Gasteiger partial charge in [0, 0.05) is 41.9 Å². The van der Waals surface area contributed by atoms with Crippen LogP contribution in [0.5, 0.6) is 11.5 Å². The summed E-state index contributed by atoms with van der Waals surface area (Å²) in [5.74, 6) is 1.26. The Labute approximate surface area is 171 Å². The van der Waals surface area contributed by atoms with Gasteiger partial charge in [-0.15, -0.1) is 0 Å². The first-order valence-corrected chi connectivity index (χ1v) is 10.00. The number of ether oxygens (including phenoxy) is 2. The molecule has 2 amide bonds. The highest BCUT2D eigenvalue weighted by molar-refractivity contribution is 6.04. The summed E-state index contributed by atoms with van der Waals surface area (Å²) in [4.78, 5) is 24.8. The van der Waals surface area contributed by atoms with Crippen LogP contribution in [-0.2, 0) is 11.3 Å². The normalized spacial score (nSPS) is 14.1. The quantitative estimate of drug-likeness (QED) is 0.737. The van der Waals surface area contributed by atoms with Crippen LogP contribution in [0.1, 0.15) is 48.0 Å². The van der Waals surface area contributed by atoms with Crippen LogP contribution in [0, 0.1) is 5.92 Å². The van der Waals surface area contributed by atoms with Crippen molar-refractivity contribution in [3.8, 4) is 11.5 Å². The molecule has 1 saturated carbocycles. The third-order valence-corrected chi connectivity index (χ3v) is 5.27. The molecule has 0 aromatic heterocycles. The van der Waals surface area contributed by atoms with Crippen molar-refractivity contribution in [2.45, 2.75) is 38.6 Å². The monoisotopic (exact) mass is 396 g/mol. The van der Waals surface area contributed by atoms with Crippen molar-refractivity contribution in [3.63, 3.8) is 0 Å². The number of rotatable bonds is 7.